The molecule has 1 unspecified atom stereocenters. The van der Waals surface area contributed by atoms with Gasteiger partial charge in [-0.05, 0) is 12.1 Å². The van der Waals surface area contributed by atoms with E-state index in [4.69, 9.17) is 16.2 Å². The van der Waals surface area contributed by atoms with E-state index in [1.165, 1.54) is 6.33 Å². The lowest BCUT2D eigenvalue weighted by Crippen LogP contribution is -2.52. The highest BCUT2D eigenvalue weighted by atomic mass is 16.5. The van der Waals surface area contributed by atoms with E-state index in [1.807, 2.05) is 0 Å². The van der Waals surface area contributed by atoms with Gasteiger partial charge in [0, 0.05) is 6.54 Å². The maximum absolute atomic E-state index is 11.7. The fourth-order valence-corrected chi connectivity index (χ4v) is 2.50. The normalized spacial score (nSPS) is 18.9. The van der Waals surface area contributed by atoms with Crippen LogP contribution in [0.15, 0.2) is 23.3 Å². The Bertz CT molecular complexity index is 757. The molecule has 0 saturated carbocycles. The van der Waals surface area contributed by atoms with Crippen molar-refractivity contribution in [2.24, 2.45) is 5.73 Å². The molecule has 0 radical (unpaired) electrons. The summed E-state index contributed by atoms with van der Waals surface area (Å²) in [5.74, 6) is -0.479. The Kier molecular flexibility index (Phi) is 3.22. The van der Waals surface area contributed by atoms with Gasteiger partial charge in [-0.3, -0.25) is 9.59 Å². The number of aromatic nitrogens is 2. The summed E-state index contributed by atoms with van der Waals surface area (Å²) in [6, 6.07) is 2.67. The second kappa shape index (κ2) is 5.06. The molecule has 1 saturated heterocycles. The molecule has 0 spiro atoms. The largest absolute Gasteiger partial charge is 0.397 e. The maximum Gasteiger partial charge on any atom is 0.258 e. The summed E-state index contributed by atoms with van der Waals surface area (Å²) in [6.07, 6.45) is 1.33. The highest BCUT2D eigenvalue weighted by Gasteiger charge is 2.29. The van der Waals surface area contributed by atoms with Crippen molar-refractivity contribution in [1.29, 1.82) is 0 Å². The van der Waals surface area contributed by atoms with E-state index in [2.05, 4.69) is 9.97 Å². The van der Waals surface area contributed by atoms with Gasteiger partial charge < -0.3 is 26.1 Å². The predicted octanol–water partition coefficient (Wildman–Crippen LogP) is -0.804. The highest BCUT2D eigenvalue weighted by molar-refractivity contribution is 5.91. The highest BCUT2D eigenvalue weighted by Crippen LogP contribution is 2.29. The van der Waals surface area contributed by atoms with Crippen LogP contribution >= 0.6 is 0 Å². The van der Waals surface area contributed by atoms with Crippen LogP contribution < -0.4 is 21.9 Å². The maximum atomic E-state index is 11.7. The Morgan fingerprint density at radius 1 is 1.48 bits per heavy atom. The van der Waals surface area contributed by atoms with Gasteiger partial charge in [0.05, 0.1) is 41.8 Å². The minimum absolute atomic E-state index is 0.218. The first kappa shape index (κ1) is 13.4. The van der Waals surface area contributed by atoms with Gasteiger partial charge in [0.1, 0.15) is 6.04 Å². The van der Waals surface area contributed by atoms with Crippen molar-refractivity contribution in [3.05, 3.63) is 28.8 Å². The lowest BCUT2D eigenvalue weighted by Gasteiger charge is -2.36. The molecule has 2 heterocycles. The number of aromatic amines is 1. The van der Waals surface area contributed by atoms with Crippen LogP contribution in [0.1, 0.15) is 0 Å². The van der Waals surface area contributed by atoms with Crippen molar-refractivity contribution >= 4 is 28.2 Å². The number of nitrogens with zero attached hydrogens (tertiary/aromatic N) is 2. The third-order valence-electron chi connectivity index (χ3n) is 3.56. The average molecular weight is 289 g/mol. The van der Waals surface area contributed by atoms with Crippen molar-refractivity contribution in [2.45, 2.75) is 6.04 Å². The van der Waals surface area contributed by atoms with Gasteiger partial charge in [0.25, 0.3) is 5.56 Å². The number of H-pyrrole nitrogens is 1. The lowest BCUT2D eigenvalue weighted by atomic mass is 10.1. The molecule has 1 aromatic carbocycles. The quantitative estimate of drug-likeness (QED) is 0.621. The van der Waals surface area contributed by atoms with Gasteiger partial charge in [-0.1, -0.05) is 0 Å². The zero-order chi connectivity index (χ0) is 15.0. The number of nitrogens with two attached hydrogens (primary N) is 2. The number of fused-ring (bicyclic) bond motifs is 1. The van der Waals surface area contributed by atoms with Crippen molar-refractivity contribution < 1.29 is 9.53 Å². The van der Waals surface area contributed by atoms with E-state index in [-0.39, 0.29) is 12.2 Å². The number of hydrogen-bond acceptors (Lipinski definition) is 6. The Morgan fingerprint density at radius 2 is 2.29 bits per heavy atom. The number of benzene rings is 1. The molecule has 5 N–H and O–H groups in total. The zero-order valence-corrected chi connectivity index (χ0v) is 11.2. The number of primary amides is 1. The van der Waals surface area contributed by atoms with Crippen molar-refractivity contribution in [2.75, 3.05) is 30.4 Å². The topological polar surface area (TPSA) is 127 Å². The third kappa shape index (κ3) is 2.29. The van der Waals surface area contributed by atoms with Crippen molar-refractivity contribution in [3.8, 4) is 0 Å². The summed E-state index contributed by atoms with van der Waals surface area (Å²) < 4.78 is 5.29. The van der Waals surface area contributed by atoms with Gasteiger partial charge >= 0.3 is 0 Å². The van der Waals surface area contributed by atoms with E-state index >= 15 is 0 Å². The molecule has 21 heavy (non-hydrogen) atoms. The van der Waals surface area contributed by atoms with Gasteiger partial charge in [0.15, 0.2) is 0 Å². The number of nitrogen functional groups attached to an aromatic ring is 1. The average Bonchev–Trinajstić information content (AvgIpc) is 2.48. The summed E-state index contributed by atoms with van der Waals surface area (Å²) in [5.41, 5.74) is 12.7. The van der Waals surface area contributed by atoms with Crippen LogP contribution in [0, 0.1) is 0 Å². The number of carbonyl (C=O) groups excluding carboxylic acids is 1. The standard InChI is InChI=1S/C13H15N5O3/c14-8-3-7-9(16-6-17-13(7)20)4-10(8)18-1-2-21-5-11(18)12(15)19/h3-4,6,11H,1-2,5,14H2,(H2,15,19)(H,16,17,20). The molecule has 1 aliphatic heterocycles. The van der Waals surface area contributed by atoms with E-state index in [0.29, 0.717) is 35.4 Å². The van der Waals surface area contributed by atoms with Crippen LogP contribution in [0.5, 0.6) is 0 Å². The van der Waals surface area contributed by atoms with Crippen LogP contribution in [0.3, 0.4) is 0 Å². The van der Waals surface area contributed by atoms with Crippen LogP contribution in [-0.2, 0) is 9.53 Å². The number of anilines is 2. The number of ether oxygens (including phenoxy) is 1. The van der Waals surface area contributed by atoms with Gasteiger partial charge in [-0.2, -0.15) is 0 Å². The van der Waals surface area contributed by atoms with Crippen molar-refractivity contribution in [3.63, 3.8) is 0 Å². The van der Waals surface area contributed by atoms with Crippen LogP contribution in [0.4, 0.5) is 11.4 Å². The number of nitrogens with one attached hydrogen (secondary N) is 1. The van der Waals surface area contributed by atoms with E-state index in [1.54, 1.807) is 17.0 Å². The third-order valence-corrected chi connectivity index (χ3v) is 3.56. The van der Waals surface area contributed by atoms with Crippen LogP contribution in [0.25, 0.3) is 10.9 Å². The number of morpholine rings is 1. The van der Waals surface area contributed by atoms with Gasteiger partial charge in [-0.25, -0.2) is 4.98 Å². The van der Waals surface area contributed by atoms with Crippen LogP contribution in [0.2, 0.25) is 0 Å². The number of rotatable bonds is 2. The molecule has 1 aliphatic rings. The Labute approximate surface area is 119 Å². The SMILES string of the molecule is NC(=O)C1COCCN1c1cc2nc[nH]c(=O)c2cc1N. The van der Waals surface area contributed by atoms with E-state index in [9.17, 15) is 9.59 Å². The molecule has 110 valence electrons. The molecular formula is C13H15N5O3. The molecule has 8 nitrogen and oxygen atoms in total. The van der Waals surface area contributed by atoms with Gasteiger partial charge in [-0.15, -0.1) is 0 Å². The first-order chi connectivity index (χ1) is 10.1. The number of carbonyl (C=O) groups is 1. The second-order valence-corrected chi connectivity index (χ2v) is 4.85. The summed E-state index contributed by atoms with van der Waals surface area (Å²) >= 11 is 0. The Morgan fingerprint density at radius 3 is 3.05 bits per heavy atom. The first-order valence-electron chi connectivity index (χ1n) is 6.48. The van der Waals surface area contributed by atoms with E-state index < -0.39 is 11.9 Å². The molecule has 1 fully saturated rings. The molecule has 8 heteroatoms. The zero-order valence-electron chi connectivity index (χ0n) is 11.2. The molecule has 2 aromatic rings. The molecule has 0 bridgehead atoms. The summed E-state index contributed by atoms with van der Waals surface area (Å²) in [6.45, 7) is 1.19. The fourth-order valence-electron chi connectivity index (χ4n) is 2.50. The second-order valence-electron chi connectivity index (χ2n) is 4.85. The predicted molar refractivity (Wildman–Crippen MR) is 77.9 cm³/mol. The number of hydrogen-bond donors (Lipinski definition) is 3. The fraction of sp³-hybridized carbons (Fsp3) is 0.308. The Balaban J connectivity index is 2.13. The Hall–Kier alpha value is -2.61. The monoisotopic (exact) mass is 289 g/mol. The number of amides is 1. The summed E-state index contributed by atoms with van der Waals surface area (Å²) in [7, 11) is 0. The van der Waals surface area contributed by atoms with Gasteiger partial charge in [0.2, 0.25) is 5.91 Å². The van der Waals surface area contributed by atoms with Crippen molar-refractivity contribution in [1.82, 2.24) is 9.97 Å². The molecular weight excluding hydrogens is 274 g/mol. The minimum atomic E-state index is -0.583. The minimum Gasteiger partial charge on any atom is -0.397 e. The molecule has 1 atom stereocenters. The summed E-state index contributed by atoms with van der Waals surface area (Å²) in [4.78, 5) is 31.7. The first-order valence-corrected chi connectivity index (χ1v) is 6.48. The smallest absolute Gasteiger partial charge is 0.258 e. The van der Waals surface area contributed by atoms with E-state index in [0.717, 1.165) is 0 Å². The molecule has 1 aromatic heterocycles. The molecule has 1 amide bonds. The van der Waals surface area contributed by atoms with Crippen LogP contribution in [-0.4, -0.2) is 41.7 Å². The lowest BCUT2D eigenvalue weighted by molar-refractivity contribution is -0.121. The molecule has 0 aliphatic carbocycles. The summed E-state index contributed by atoms with van der Waals surface area (Å²) in [5, 5.41) is 0.405. The molecule has 3 rings (SSSR count).